The van der Waals surface area contributed by atoms with Crippen molar-refractivity contribution in [3.05, 3.63) is 23.8 Å². The van der Waals surface area contributed by atoms with E-state index in [4.69, 9.17) is 5.73 Å². The summed E-state index contributed by atoms with van der Waals surface area (Å²) in [5, 5.41) is 2.25. The number of urea groups is 1. The summed E-state index contributed by atoms with van der Waals surface area (Å²) < 4.78 is 51.5. The Morgan fingerprint density at radius 3 is 2.58 bits per heavy atom. The van der Waals surface area contributed by atoms with Crippen LogP contribution in [-0.4, -0.2) is 21.0 Å². The van der Waals surface area contributed by atoms with Crippen LogP contribution in [0.25, 0.3) is 0 Å². The smallest absolute Gasteiger partial charge is 0.328 e. The SMILES string of the molecule is CCCNC(=O)NS(=O)(=O)c1ccc(F)c(N)c1F. The molecule has 0 bridgehead atoms. The number of halogens is 2. The number of hydrogen-bond donors (Lipinski definition) is 3. The normalized spacial score (nSPS) is 11.1. The van der Waals surface area contributed by atoms with Crippen molar-refractivity contribution in [2.24, 2.45) is 0 Å². The maximum Gasteiger partial charge on any atom is 0.328 e. The molecule has 0 aliphatic heterocycles. The fraction of sp³-hybridized carbons (Fsp3) is 0.300. The summed E-state index contributed by atoms with van der Waals surface area (Å²) in [6.07, 6.45) is 0.603. The maximum atomic E-state index is 13.5. The molecule has 9 heteroatoms. The van der Waals surface area contributed by atoms with Crippen molar-refractivity contribution in [3.63, 3.8) is 0 Å². The number of carbonyl (C=O) groups is 1. The van der Waals surface area contributed by atoms with Gasteiger partial charge in [-0.1, -0.05) is 6.92 Å². The zero-order valence-electron chi connectivity index (χ0n) is 10.0. The van der Waals surface area contributed by atoms with E-state index in [-0.39, 0.29) is 6.54 Å². The molecule has 0 unspecified atom stereocenters. The van der Waals surface area contributed by atoms with Crippen LogP contribution in [0.1, 0.15) is 13.3 Å². The average Bonchev–Trinajstić information content (AvgIpc) is 2.32. The van der Waals surface area contributed by atoms with E-state index in [1.165, 1.54) is 0 Å². The molecule has 106 valence electrons. The van der Waals surface area contributed by atoms with Gasteiger partial charge in [-0.25, -0.2) is 26.7 Å². The van der Waals surface area contributed by atoms with E-state index in [1.807, 2.05) is 0 Å². The number of nitrogens with two attached hydrogens (primary N) is 1. The number of sulfonamides is 1. The molecule has 0 aromatic heterocycles. The molecule has 0 saturated carbocycles. The number of nitrogens with one attached hydrogen (secondary N) is 2. The molecule has 6 nitrogen and oxygen atoms in total. The largest absolute Gasteiger partial charge is 0.394 e. The molecule has 0 aliphatic carbocycles. The lowest BCUT2D eigenvalue weighted by atomic mass is 10.3. The fourth-order valence-corrected chi connectivity index (χ4v) is 2.23. The van der Waals surface area contributed by atoms with Crippen molar-refractivity contribution >= 4 is 21.7 Å². The Kier molecular flexibility index (Phi) is 4.65. The topological polar surface area (TPSA) is 101 Å². The van der Waals surface area contributed by atoms with Crippen LogP contribution in [0.3, 0.4) is 0 Å². The molecule has 0 fully saturated rings. The summed E-state index contributed by atoms with van der Waals surface area (Å²) in [5.74, 6) is -2.51. The third kappa shape index (κ3) is 3.53. The molecule has 1 aromatic carbocycles. The van der Waals surface area contributed by atoms with Crippen molar-refractivity contribution in [1.29, 1.82) is 0 Å². The van der Waals surface area contributed by atoms with E-state index in [9.17, 15) is 22.0 Å². The molecule has 1 aromatic rings. The second kappa shape index (κ2) is 5.83. The van der Waals surface area contributed by atoms with Crippen molar-refractivity contribution in [1.82, 2.24) is 10.0 Å². The third-order valence-corrected chi connectivity index (χ3v) is 3.49. The zero-order chi connectivity index (χ0) is 14.6. The van der Waals surface area contributed by atoms with Gasteiger partial charge in [-0.15, -0.1) is 0 Å². The number of rotatable bonds is 4. The van der Waals surface area contributed by atoms with Crippen LogP contribution in [0.5, 0.6) is 0 Å². The summed E-state index contributed by atoms with van der Waals surface area (Å²) in [4.78, 5) is 10.3. The number of benzene rings is 1. The van der Waals surface area contributed by atoms with E-state index in [0.29, 0.717) is 18.6 Å². The van der Waals surface area contributed by atoms with Crippen molar-refractivity contribution in [2.45, 2.75) is 18.2 Å². The number of anilines is 1. The van der Waals surface area contributed by atoms with Crippen molar-refractivity contribution in [3.8, 4) is 0 Å². The highest BCUT2D eigenvalue weighted by atomic mass is 32.2. The minimum absolute atomic E-state index is 0.259. The highest BCUT2D eigenvalue weighted by molar-refractivity contribution is 7.90. The van der Waals surface area contributed by atoms with Gasteiger partial charge in [0.15, 0.2) is 5.82 Å². The molecule has 0 radical (unpaired) electrons. The molecule has 0 spiro atoms. The predicted molar refractivity (Wildman–Crippen MR) is 64.8 cm³/mol. The standard InChI is InChI=1S/C10H13F2N3O3S/c1-2-5-14-10(16)15-19(17,18)7-4-3-6(11)9(13)8(7)12/h3-4H,2,5,13H2,1H3,(H2,14,15,16). The molecule has 19 heavy (non-hydrogen) atoms. The van der Waals surface area contributed by atoms with Gasteiger partial charge in [0, 0.05) is 6.54 Å². The van der Waals surface area contributed by atoms with Crippen molar-refractivity contribution < 1.29 is 22.0 Å². The Bertz CT molecular complexity index is 590. The van der Waals surface area contributed by atoms with Gasteiger partial charge < -0.3 is 11.1 Å². The summed E-state index contributed by atoms with van der Waals surface area (Å²) in [6, 6.07) is 0.400. The first-order valence-electron chi connectivity index (χ1n) is 5.33. The van der Waals surface area contributed by atoms with Crippen LogP contribution in [0.2, 0.25) is 0 Å². The van der Waals surface area contributed by atoms with Crippen LogP contribution in [0.4, 0.5) is 19.3 Å². The predicted octanol–water partition coefficient (Wildman–Crippen LogP) is 0.945. The minimum atomic E-state index is -4.44. The van der Waals surface area contributed by atoms with E-state index >= 15 is 0 Å². The second-order valence-corrected chi connectivity index (χ2v) is 5.29. The second-order valence-electron chi connectivity index (χ2n) is 3.63. The van der Waals surface area contributed by atoms with Gasteiger partial charge in [-0.2, -0.15) is 0 Å². The Morgan fingerprint density at radius 2 is 2.00 bits per heavy atom. The average molecular weight is 293 g/mol. The first-order valence-corrected chi connectivity index (χ1v) is 6.82. The molecule has 2 amide bonds. The van der Waals surface area contributed by atoms with Crippen LogP contribution >= 0.6 is 0 Å². The van der Waals surface area contributed by atoms with Crippen LogP contribution < -0.4 is 15.8 Å². The lowest BCUT2D eigenvalue weighted by molar-refractivity contribution is 0.246. The van der Waals surface area contributed by atoms with Crippen LogP contribution in [-0.2, 0) is 10.0 Å². The lowest BCUT2D eigenvalue weighted by Gasteiger charge is -2.09. The first kappa shape index (κ1) is 15.2. The fourth-order valence-electron chi connectivity index (χ4n) is 1.21. The lowest BCUT2D eigenvalue weighted by Crippen LogP contribution is -2.40. The van der Waals surface area contributed by atoms with Gasteiger partial charge in [0.1, 0.15) is 16.4 Å². The summed E-state index contributed by atoms with van der Waals surface area (Å²) in [6.45, 7) is 2.03. The summed E-state index contributed by atoms with van der Waals surface area (Å²) in [5.41, 5.74) is 4.13. The molecule has 0 aliphatic rings. The summed E-state index contributed by atoms with van der Waals surface area (Å²) >= 11 is 0. The molecular weight excluding hydrogens is 280 g/mol. The molecule has 0 atom stereocenters. The Balaban J connectivity index is 3.02. The van der Waals surface area contributed by atoms with E-state index in [1.54, 1.807) is 11.6 Å². The number of nitrogen functional groups attached to an aromatic ring is 1. The van der Waals surface area contributed by atoms with Gasteiger partial charge in [0.05, 0.1) is 0 Å². The van der Waals surface area contributed by atoms with E-state index in [0.717, 1.165) is 0 Å². The zero-order valence-corrected chi connectivity index (χ0v) is 10.9. The van der Waals surface area contributed by atoms with Gasteiger partial charge in [-0.05, 0) is 18.6 Å². The van der Waals surface area contributed by atoms with Crippen LogP contribution in [0.15, 0.2) is 17.0 Å². The van der Waals surface area contributed by atoms with Gasteiger partial charge in [0.2, 0.25) is 0 Å². The Hall–Kier alpha value is -1.90. The highest BCUT2D eigenvalue weighted by Crippen LogP contribution is 2.22. The maximum absolute atomic E-state index is 13.5. The minimum Gasteiger partial charge on any atom is -0.394 e. The molecule has 0 heterocycles. The van der Waals surface area contributed by atoms with Crippen molar-refractivity contribution in [2.75, 3.05) is 12.3 Å². The molecule has 4 N–H and O–H groups in total. The number of hydrogen-bond acceptors (Lipinski definition) is 4. The van der Waals surface area contributed by atoms with E-state index < -0.39 is 38.3 Å². The molecule has 1 rings (SSSR count). The molecule has 0 saturated heterocycles. The highest BCUT2D eigenvalue weighted by Gasteiger charge is 2.24. The molecular formula is C10H13F2N3O3S. The van der Waals surface area contributed by atoms with Gasteiger partial charge in [-0.3, -0.25) is 0 Å². The third-order valence-electron chi connectivity index (χ3n) is 2.14. The monoisotopic (exact) mass is 293 g/mol. The van der Waals surface area contributed by atoms with Gasteiger partial charge >= 0.3 is 6.03 Å². The Morgan fingerprint density at radius 1 is 1.37 bits per heavy atom. The quantitative estimate of drug-likeness (QED) is 0.719. The van der Waals surface area contributed by atoms with E-state index in [2.05, 4.69) is 5.32 Å². The summed E-state index contributed by atoms with van der Waals surface area (Å²) in [7, 11) is -4.44. The number of amides is 2. The van der Waals surface area contributed by atoms with Crippen LogP contribution in [0, 0.1) is 11.6 Å². The van der Waals surface area contributed by atoms with Gasteiger partial charge in [0.25, 0.3) is 10.0 Å². The first-order chi connectivity index (χ1) is 8.79. The number of carbonyl (C=O) groups excluding carboxylic acids is 1. The Labute approximate surface area is 109 Å².